The molecule has 0 bridgehead atoms. The normalized spacial score (nSPS) is 12.6. The monoisotopic (exact) mass is 161 g/mol. The first-order valence-corrected chi connectivity index (χ1v) is 4.11. The molecule has 1 aromatic carbocycles. The molecule has 1 rings (SSSR count). The van der Waals surface area contributed by atoms with Gasteiger partial charge in [0.1, 0.15) is 0 Å². The lowest BCUT2D eigenvalue weighted by Crippen LogP contribution is -2.08. The van der Waals surface area contributed by atoms with Crippen molar-refractivity contribution in [1.82, 2.24) is 0 Å². The molecular weight excluding hydrogens is 146 g/mol. The Morgan fingerprint density at radius 2 is 2.08 bits per heavy atom. The van der Waals surface area contributed by atoms with Crippen molar-refractivity contribution in [2.24, 2.45) is 5.73 Å². The highest BCUT2D eigenvalue weighted by molar-refractivity contribution is 5.36. The maximum atomic E-state index is 5.85. The third kappa shape index (κ3) is 1.56. The summed E-state index contributed by atoms with van der Waals surface area (Å²) in [4.78, 5) is 0. The van der Waals surface area contributed by atoms with Gasteiger partial charge in [-0.3, -0.25) is 0 Å². The summed E-state index contributed by atoms with van der Waals surface area (Å²) < 4.78 is 0. The predicted octanol–water partition coefficient (Wildman–Crippen LogP) is 2.49. The van der Waals surface area contributed by atoms with Crippen LogP contribution >= 0.6 is 0 Å². The second-order valence-electron chi connectivity index (χ2n) is 3.05. The van der Waals surface area contributed by atoms with Crippen LogP contribution in [0.2, 0.25) is 0 Å². The van der Waals surface area contributed by atoms with Crippen molar-refractivity contribution >= 4 is 0 Å². The summed E-state index contributed by atoms with van der Waals surface area (Å²) in [6.07, 6.45) is 1.77. The summed E-state index contributed by atoms with van der Waals surface area (Å²) in [5.41, 5.74) is 9.57. The lowest BCUT2D eigenvalue weighted by molar-refractivity contribution is 0.899. The number of nitrogens with two attached hydrogens (primary N) is 1. The second kappa shape index (κ2) is 3.55. The van der Waals surface area contributed by atoms with Gasteiger partial charge in [0, 0.05) is 6.04 Å². The highest BCUT2D eigenvalue weighted by atomic mass is 14.6. The molecule has 0 amide bonds. The maximum absolute atomic E-state index is 5.85. The summed E-state index contributed by atoms with van der Waals surface area (Å²) in [6.45, 7) is 7.87. The number of benzene rings is 1. The molecule has 0 aromatic heterocycles. The molecule has 1 aromatic rings. The van der Waals surface area contributed by atoms with E-state index in [9.17, 15) is 0 Å². The number of aryl methyl sites for hydroxylation is 1. The van der Waals surface area contributed by atoms with E-state index in [1.165, 1.54) is 16.7 Å². The zero-order valence-corrected chi connectivity index (χ0v) is 7.67. The minimum atomic E-state index is -0.0371. The molecule has 12 heavy (non-hydrogen) atoms. The van der Waals surface area contributed by atoms with E-state index < -0.39 is 0 Å². The molecule has 64 valence electrons. The minimum Gasteiger partial charge on any atom is -0.321 e. The van der Waals surface area contributed by atoms with Gasteiger partial charge < -0.3 is 5.73 Å². The van der Waals surface area contributed by atoms with Crippen molar-refractivity contribution in [3.8, 4) is 0 Å². The van der Waals surface area contributed by atoms with Crippen LogP contribution < -0.4 is 5.73 Å². The Morgan fingerprint density at radius 1 is 1.42 bits per heavy atom. The van der Waals surface area contributed by atoms with Gasteiger partial charge >= 0.3 is 0 Å². The van der Waals surface area contributed by atoms with Crippen molar-refractivity contribution in [2.45, 2.75) is 19.9 Å². The Hall–Kier alpha value is -1.08. The Kier molecular flexibility index (Phi) is 2.66. The van der Waals surface area contributed by atoms with Crippen LogP contribution in [-0.2, 0) is 0 Å². The quantitative estimate of drug-likeness (QED) is 0.662. The second-order valence-corrected chi connectivity index (χ2v) is 3.05. The maximum Gasteiger partial charge on any atom is 0.0481 e. The topological polar surface area (TPSA) is 26.0 Å². The van der Waals surface area contributed by atoms with Crippen LogP contribution in [0, 0.1) is 13.8 Å². The van der Waals surface area contributed by atoms with Crippen LogP contribution in [0.4, 0.5) is 0 Å². The van der Waals surface area contributed by atoms with Gasteiger partial charge in [-0.25, -0.2) is 0 Å². The Labute approximate surface area is 73.9 Å². The van der Waals surface area contributed by atoms with Gasteiger partial charge in [0.15, 0.2) is 0 Å². The average Bonchev–Trinajstić information content (AvgIpc) is 2.08. The van der Waals surface area contributed by atoms with E-state index in [4.69, 9.17) is 5.73 Å². The molecule has 2 N–H and O–H groups in total. The van der Waals surface area contributed by atoms with Gasteiger partial charge in [0.05, 0.1) is 0 Å². The molecule has 0 radical (unpaired) electrons. The Balaban J connectivity index is 3.15. The standard InChI is InChI=1S/C11H15N/c1-4-11(12)10-7-5-6-8(2)9(10)3/h4-7,11H,1,12H2,2-3H3. The van der Waals surface area contributed by atoms with E-state index >= 15 is 0 Å². The van der Waals surface area contributed by atoms with Crippen molar-refractivity contribution < 1.29 is 0 Å². The largest absolute Gasteiger partial charge is 0.321 e. The first-order valence-electron chi connectivity index (χ1n) is 4.11. The van der Waals surface area contributed by atoms with E-state index in [2.05, 4.69) is 32.6 Å². The van der Waals surface area contributed by atoms with E-state index in [-0.39, 0.29) is 6.04 Å². The fourth-order valence-corrected chi connectivity index (χ4v) is 1.26. The fourth-order valence-electron chi connectivity index (χ4n) is 1.26. The number of rotatable bonds is 2. The summed E-state index contributed by atoms with van der Waals surface area (Å²) in [5.74, 6) is 0. The molecule has 0 aliphatic rings. The van der Waals surface area contributed by atoms with E-state index in [0.717, 1.165) is 0 Å². The summed E-state index contributed by atoms with van der Waals surface area (Å²) >= 11 is 0. The SMILES string of the molecule is C=CC(N)c1cccc(C)c1C. The summed E-state index contributed by atoms with van der Waals surface area (Å²) in [5, 5.41) is 0. The smallest absolute Gasteiger partial charge is 0.0481 e. The Bertz CT molecular complexity index is 289. The molecule has 0 saturated heterocycles. The molecule has 1 heteroatoms. The molecule has 0 spiro atoms. The molecule has 0 saturated carbocycles. The predicted molar refractivity (Wildman–Crippen MR) is 53.0 cm³/mol. The van der Waals surface area contributed by atoms with E-state index in [0.29, 0.717) is 0 Å². The van der Waals surface area contributed by atoms with Crippen molar-refractivity contribution in [1.29, 1.82) is 0 Å². The van der Waals surface area contributed by atoms with Crippen molar-refractivity contribution in [3.05, 3.63) is 47.5 Å². The lowest BCUT2D eigenvalue weighted by atomic mass is 9.98. The van der Waals surface area contributed by atoms with Gasteiger partial charge in [0.2, 0.25) is 0 Å². The molecule has 0 aliphatic carbocycles. The van der Waals surface area contributed by atoms with Gasteiger partial charge in [-0.15, -0.1) is 6.58 Å². The molecule has 1 atom stereocenters. The van der Waals surface area contributed by atoms with Crippen LogP contribution in [0.15, 0.2) is 30.9 Å². The molecule has 1 unspecified atom stereocenters. The van der Waals surface area contributed by atoms with E-state index in [1.807, 2.05) is 6.07 Å². The van der Waals surface area contributed by atoms with E-state index in [1.54, 1.807) is 6.08 Å². The zero-order valence-electron chi connectivity index (χ0n) is 7.67. The molecular formula is C11H15N. The first kappa shape index (κ1) is 9.01. The first-order chi connectivity index (χ1) is 5.66. The van der Waals surface area contributed by atoms with Crippen molar-refractivity contribution in [3.63, 3.8) is 0 Å². The molecule has 0 heterocycles. The van der Waals surface area contributed by atoms with Gasteiger partial charge in [-0.05, 0) is 30.5 Å². The third-order valence-electron chi connectivity index (χ3n) is 2.26. The third-order valence-corrected chi connectivity index (χ3v) is 2.26. The Morgan fingerprint density at radius 3 is 2.67 bits per heavy atom. The minimum absolute atomic E-state index is 0.0371. The lowest BCUT2D eigenvalue weighted by Gasteiger charge is -2.11. The van der Waals surface area contributed by atoms with Gasteiger partial charge in [-0.1, -0.05) is 24.3 Å². The van der Waals surface area contributed by atoms with Crippen LogP contribution in [0.5, 0.6) is 0 Å². The van der Waals surface area contributed by atoms with Gasteiger partial charge in [-0.2, -0.15) is 0 Å². The zero-order chi connectivity index (χ0) is 9.14. The summed E-state index contributed by atoms with van der Waals surface area (Å²) in [6, 6.07) is 6.13. The number of hydrogen-bond donors (Lipinski definition) is 1. The van der Waals surface area contributed by atoms with Crippen LogP contribution in [0.25, 0.3) is 0 Å². The van der Waals surface area contributed by atoms with Crippen molar-refractivity contribution in [2.75, 3.05) is 0 Å². The number of hydrogen-bond acceptors (Lipinski definition) is 1. The average molecular weight is 161 g/mol. The van der Waals surface area contributed by atoms with Gasteiger partial charge in [0.25, 0.3) is 0 Å². The van der Waals surface area contributed by atoms with Crippen LogP contribution in [0.3, 0.4) is 0 Å². The molecule has 0 aliphatic heterocycles. The highest BCUT2D eigenvalue weighted by Crippen LogP contribution is 2.18. The highest BCUT2D eigenvalue weighted by Gasteiger charge is 2.05. The molecule has 0 fully saturated rings. The fraction of sp³-hybridized carbons (Fsp3) is 0.273. The van der Waals surface area contributed by atoms with Crippen LogP contribution in [0.1, 0.15) is 22.7 Å². The summed E-state index contributed by atoms with van der Waals surface area (Å²) in [7, 11) is 0. The molecule has 1 nitrogen and oxygen atoms in total. The van der Waals surface area contributed by atoms with Crippen LogP contribution in [-0.4, -0.2) is 0 Å².